The van der Waals surface area contributed by atoms with Gasteiger partial charge in [-0.15, -0.1) is 0 Å². The number of ether oxygens (including phenoxy) is 1. The lowest BCUT2D eigenvalue weighted by Crippen LogP contribution is -2.50. The molecule has 0 saturated carbocycles. The van der Waals surface area contributed by atoms with Gasteiger partial charge in [0.25, 0.3) is 0 Å². The number of nitrogens with one attached hydrogen (secondary N) is 4. The van der Waals surface area contributed by atoms with Crippen LogP contribution in [-0.2, 0) is 9.53 Å². The summed E-state index contributed by atoms with van der Waals surface area (Å²) in [6.45, 7) is 6.49. The van der Waals surface area contributed by atoms with Crippen LogP contribution in [0.2, 0.25) is 0 Å². The Morgan fingerprint density at radius 3 is 2.46 bits per heavy atom. The Kier molecular flexibility index (Phi) is 8.46. The molecule has 0 atom stereocenters. The van der Waals surface area contributed by atoms with E-state index in [2.05, 4.69) is 31.0 Å². The maximum absolute atomic E-state index is 12.2. The molecule has 0 bridgehead atoms. The molecule has 4 rings (SSSR count). The summed E-state index contributed by atoms with van der Waals surface area (Å²) >= 11 is 1.42. The lowest BCUT2D eigenvalue weighted by molar-refractivity contribution is -0.135. The number of aromatic amines is 1. The van der Waals surface area contributed by atoms with Crippen molar-refractivity contribution in [1.29, 1.82) is 0 Å². The molecule has 1 aromatic carbocycles. The highest BCUT2D eigenvalue weighted by Crippen LogP contribution is 2.33. The molecule has 0 unspecified atom stereocenters. The van der Waals surface area contributed by atoms with E-state index < -0.39 is 0 Å². The van der Waals surface area contributed by atoms with Crippen LogP contribution >= 0.6 is 11.8 Å². The van der Waals surface area contributed by atoms with Crippen molar-refractivity contribution in [3.8, 4) is 0 Å². The second-order valence-corrected chi connectivity index (χ2v) is 9.54. The first-order valence-electron chi connectivity index (χ1n) is 11.8. The van der Waals surface area contributed by atoms with Gasteiger partial charge in [0.05, 0.1) is 0 Å². The molecular weight excluding hydrogens is 494 g/mol. The molecule has 1 fully saturated rings. The van der Waals surface area contributed by atoms with E-state index in [1.807, 2.05) is 49.1 Å². The van der Waals surface area contributed by atoms with Crippen LogP contribution in [0.25, 0.3) is 0 Å². The van der Waals surface area contributed by atoms with E-state index >= 15 is 0 Å². The molecule has 0 aliphatic carbocycles. The van der Waals surface area contributed by atoms with E-state index in [0.29, 0.717) is 48.7 Å². The fraction of sp³-hybridized carbons (Fsp3) is 0.375. The van der Waals surface area contributed by atoms with Gasteiger partial charge in [-0.2, -0.15) is 5.10 Å². The van der Waals surface area contributed by atoms with Crippen molar-refractivity contribution in [3.05, 3.63) is 41.6 Å². The molecule has 1 aliphatic heterocycles. The first kappa shape index (κ1) is 26.2. The molecule has 3 heterocycles. The molecule has 13 heteroatoms. The van der Waals surface area contributed by atoms with Crippen LogP contribution in [0.1, 0.15) is 11.3 Å². The Hall–Kier alpha value is -3.84. The monoisotopic (exact) mass is 525 g/mol. The summed E-state index contributed by atoms with van der Waals surface area (Å²) in [5, 5.41) is 16.4. The minimum absolute atomic E-state index is 0.0107. The number of benzene rings is 1. The summed E-state index contributed by atoms with van der Waals surface area (Å²) in [6.07, 6.45) is 0. The predicted octanol–water partition coefficient (Wildman–Crippen LogP) is 2.76. The molecular formula is C24H31N9O3S. The van der Waals surface area contributed by atoms with E-state index in [1.54, 1.807) is 7.05 Å². The topological polar surface area (TPSA) is 140 Å². The molecule has 4 N–H and O–H groups in total. The third-order valence-electron chi connectivity index (χ3n) is 5.80. The summed E-state index contributed by atoms with van der Waals surface area (Å²) in [6, 6.07) is 9.10. The second-order valence-electron chi connectivity index (χ2n) is 8.50. The Morgan fingerprint density at radius 1 is 1.11 bits per heavy atom. The van der Waals surface area contributed by atoms with E-state index in [1.165, 1.54) is 18.9 Å². The highest BCUT2D eigenvalue weighted by atomic mass is 32.2. The maximum Gasteiger partial charge on any atom is 0.318 e. The number of rotatable bonds is 8. The zero-order valence-electron chi connectivity index (χ0n) is 21.3. The SMILES string of the molecule is CNC(=O)Nc1ccc(Sc2nc(Nc3cc(C)[nH]n3)c(C)c(N3CCN(C(=O)COC)CC3)n2)cc1. The number of piperazine rings is 1. The van der Waals surface area contributed by atoms with Gasteiger partial charge in [0.2, 0.25) is 5.91 Å². The smallest absolute Gasteiger partial charge is 0.318 e. The molecule has 2 aromatic heterocycles. The summed E-state index contributed by atoms with van der Waals surface area (Å²) in [5.41, 5.74) is 2.52. The zero-order valence-corrected chi connectivity index (χ0v) is 22.1. The molecule has 1 saturated heterocycles. The van der Waals surface area contributed by atoms with Gasteiger partial charge in [0.15, 0.2) is 11.0 Å². The predicted molar refractivity (Wildman–Crippen MR) is 143 cm³/mol. The number of anilines is 4. The van der Waals surface area contributed by atoms with Gasteiger partial charge in [0, 0.05) is 68.2 Å². The normalized spacial score (nSPS) is 13.4. The van der Waals surface area contributed by atoms with E-state index in [0.717, 1.165) is 22.0 Å². The number of carbonyl (C=O) groups excluding carboxylic acids is 2. The molecule has 3 aromatic rings. The van der Waals surface area contributed by atoms with E-state index in [9.17, 15) is 9.59 Å². The average molecular weight is 526 g/mol. The fourth-order valence-electron chi connectivity index (χ4n) is 3.85. The minimum Gasteiger partial charge on any atom is -0.375 e. The van der Waals surface area contributed by atoms with Crippen molar-refractivity contribution in [3.63, 3.8) is 0 Å². The van der Waals surface area contributed by atoms with Crippen molar-refractivity contribution in [2.45, 2.75) is 23.9 Å². The number of H-pyrrole nitrogens is 1. The highest BCUT2D eigenvalue weighted by molar-refractivity contribution is 7.99. The number of hydrogen-bond acceptors (Lipinski definition) is 9. The van der Waals surface area contributed by atoms with Crippen LogP contribution in [0.3, 0.4) is 0 Å². The van der Waals surface area contributed by atoms with Crippen LogP contribution in [0.15, 0.2) is 40.4 Å². The molecule has 3 amide bonds. The number of amides is 3. The van der Waals surface area contributed by atoms with Crippen molar-refractivity contribution >= 4 is 46.8 Å². The van der Waals surface area contributed by atoms with Gasteiger partial charge in [-0.1, -0.05) is 0 Å². The van der Waals surface area contributed by atoms with Crippen LogP contribution in [0.5, 0.6) is 0 Å². The van der Waals surface area contributed by atoms with Gasteiger partial charge in [-0.25, -0.2) is 14.8 Å². The standard InChI is InChI=1S/C24H31N9O3S/c1-15-13-19(31-30-15)27-21-16(2)22(33-11-9-32(10-12-33)20(34)14-36-4)29-24(28-21)37-18-7-5-17(6-8-18)26-23(35)25-3/h5-8,13H,9-12,14H2,1-4H3,(H2,25,26,35)(H2,27,28,29,30,31). The lowest BCUT2D eigenvalue weighted by Gasteiger charge is -2.36. The largest absolute Gasteiger partial charge is 0.375 e. The molecule has 0 radical (unpaired) electrons. The van der Waals surface area contributed by atoms with Gasteiger partial charge in [-0.3, -0.25) is 9.89 Å². The molecule has 0 spiro atoms. The number of carbonyl (C=O) groups is 2. The number of aryl methyl sites for hydroxylation is 1. The van der Waals surface area contributed by atoms with Crippen LogP contribution in [0, 0.1) is 13.8 Å². The average Bonchev–Trinajstić information content (AvgIpc) is 3.31. The number of nitrogens with zero attached hydrogens (tertiary/aromatic N) is 5. The first-order chi connectivity index (χ1) is 17.9. The Morgan fingerprint density at radius 2 is 1.84 bits per heavy atom. The van der Waals surface area contributed by atoms with Crippen LogP contribution in [0.4, 0.5) is 27.9 Å². The van der Waals surface area contributed by atoms with Crippen molar-refractivity contribution < 1.29 is 14.3 Å². The number of urea groups is 1. The highest BCUT2D eigenvalue weighted by Gasteiger charge is 2.25. The Labute approximate surface area is 219 Å². The molecule has 196 valence electrons. The number of aromatic nitrogens is 4. The first-order valence-corrected chi connectivity index (χ1v) is 12.6. The van der Waals surface area contributed by atoms with Gasteiger partial charge in [-0.05, 0) is 49.9 Å². The van der Waals surface area contributed by atoms with E-state index in [4.69, 9.17) is 14.7 Å². The van der Waals surface area contributed by atoms with Crippen LogP contribution < -0.4 is 20.9 Å². The Bertz CT molecular complexity index is 1240. The maximum atomic E-state index is 12.2. The number of methoxy groups -OCH3 is 1. The third kappa shape index (κ3) is 6.68. The summed E-state index contributed by atoms with van der Waals surface area (Å²) < 4.78 is 5.00. The summed E-state index contributed by atoms with van der Waals surface area (Å²) in [7, 11) is 3.10. The third-order valence-corrected chi connectivity index (χ3v) is 6.67. The quantitative estimate of drug-likeness (QED) is 0.327. The molecule has 1 aliphatic rings. The number of hydrogen-bond donors (Lipinski definition) is 4. The molecule has 12 nitrogen and oxygen atoms in total. The Balaban J connectivity index is 1.58. The minimum atomic E-state index is -0.278. The zero-order chi connectivity index (χ0) is 26.4. The van der Waals surface area contributed by atoms with Crippen molar-refractivity contribution in [2.75, 3.05) is 62.5 Å². The summed E-state index contributed by atoms with van der Waals surface area (Å²) in [4.78, 5) is 38.4. The fourth-order valence-corrected chi connectivity index (χ4v) is 4.60. The van der Waals surface area contributed by atoms with Crippen molar-refractivity contribution in [1.82, 2.24) is 30.4 Å². The van der Waals surface area contributed by atoms with Crippen LogP contribution in [-0.4, -0.2) is 83.9 Å². The van der Waals surface area contributed by atoms with E-state index in [-0.39, 0.29) is 18.5 Å². The van der Waals surface area contributed by atoms with Crippen molar-refractivity contribution in [2.24, 2.45) is 0 Å². The lowest BCUT2D eigenvalue weighted by atomic mass is 10.2. The summed E-state index contributed by atoms with van der Waals surface area (Å²) in [5.74, 6) is 2.13. The second kappa shape index (κ2) is 11.9. The van der Waals surface area contributed by atoms with Gasteiger partial charge < -0.3 is 30.5 Å². The van der Waals surface area contributed by atoms with Gasteiger partial charge in [0.1, 0.15) is 18.2 Å². The molecule has 37 heavy (non-hydrogen) atoms. The van der Waals surface area contributed by atoms with Gasteiger partial charge >= 0.3 is 6.03 Å².